The molecule has 2 rings (SSSR count). The Morgan fingerprint density at radius 3 is 2.83 bits per heavy atom. The third-order valence-corrected chi connectivity index (χ3v) is 4.00. The molecular weight excluding hydrogens is 246 g/mol. The molecular formula is C13H17N3OS. The molecule has 0 fully saturated rings. The molecule has 1 heterocycles. The van der Waals surface area contributed by atoms with Crippen LogP contribution < -0.4 is 16.6 Å². The van der Waals surface area contributed by atoms with Gasteiger partial charge in [0.1, 0.15) is 0 Å². The van der Waals surface area contributed by atoms with Gasteiger partial charge in [-0.05, 0) is 22.4 Å². The summed E-state index contributed by atoms with van der Waals surface area (Å²) >= 11 is 1.73. The number of thiophene rings is 1. The maximum absolute atomic E-state index is 11.1. The second-order valence-corrected chi connectivity index (χ2v) is 5.77. The number of hydrogen-bond donors (Lipinski definition) is 3. The van der Waals surface area contributed by atoms with Crippen molar-refractivity contribution in [3.05, 3.63) is 35.2 Å². The molecule has 0 bridgehead atoms. The lowest BCUT2D eigenvalue weighted by molar-refractivity contribution is 0.238. The van der Waals surface area contributed by atoms with Crippen LogP contribution in [-0.4, -0.2) is 12.6 Å². The van der Waals surface area contributed by atoms with Crippen LogP contribution in [0.15, 0.2) is 29.6 Å². The fraction of sp³-hybridized carbons (Fsp3) is 0.308. The van der Waals surface area contributed by atoms with Gasteiger partial charge in [-0.25, -0.2) is 10.6 Å². The van der Waals surface area contributed by atoms with Crippen LogP contribution in [0.4, 0.5) is 4.79 Å². The number of fused-ring (bicyclic) bond motifs is 1. The van der Waals surface area contributed by atoms with Crippen molar-refractivity contribution in [2.75, 3.05) is 6.54 Å². The Kier molecular flexibility index (Phi) is 3.54. The van der Waals surface area contributed by atoms with Gasteiger partial charge in [0.05, 0.1) is 0 Å². The quantitative estimate of drug-likeness (QED) is 0.452. The number of nitrogens with one attached hydrogen (secondary N) is 2. The second kappa shape index (κ2) is 4.96. The van der Waals surface area contributed by atoms with Gasteiger partial charge in [0.2, 0.25) is 0 Å². The van der Waals surface area contributed by atoms with Gasteiger partial charge >= 0.3 is 6.03 Å². The van der Waals surface area contributed by atoms with Gasteiger partial charge in [0.15, 0.2) is 0 Å². The lowest BCUT2D eigenvalue weighted by Crippen LogP contribution is -2.44. The van der Waals surface area contributed by atoms with E-state index in [0.717, 1.165) is 0 Å². The maximum atomic E-state index is 11.1. The van der Waals surface area contributed by atoms with E-state index in [9.17, 15) is 4.79 Å². The molecule has 4 nitrogen and oxygen atoms in total. The van der Waals surface area contributed by atoms with Crippen molar-refractivity contribution < 1.29 is 4.79 Å². The Hall–Kier alpha value is -1.59. The zero-order valence-electron chi connectivity index (χ0n) is 10.5. The van der Waals surface area contributed by atoms with Gasteiger partial charge in [-0.3, -0.25) is 5.43 Å². The summed E-state index contributed by atoms with van der Waals surface area (Å²) in [5.74, 6) is 5.05. The fourth-order valence-electron chi connectivity index (χ4n) is 1.95. The van der Waals surface area contributed by atoms with Gasteiger partial charge in [0.25, 0.3) is 0 Å². The number of benzene rings is 1. The van der Waals surface area contributed by atoms with Crippen LogP contribution in [0.25, 0.3) is 10.1 Å². The fourth-order valence-corrected chi connectivity index (χ4v) is 3.10. The number of hydrazine groups is 1. The van der Waals surface area contributed by atoms with E-state index in [1.807, 2.05) is 12.1 Å². The molecule has 0 atom stereocenters. The van der Waals surface area contributed by atoms with Crippen LogP contribution in [0.5, 0.6) is 0 Å². The number of nitrogens with two attached hydrogens (primary N) is 1. The summed E-state index contributed by atoms with van der Waals surface area (Å²) < 4.78 is 1.27. The Bertz CT molecular complexity index is 562. The van der Waals surface area contributed by atoms with E-state index in [2.05, 4.69) is 42.1 Å². The molecule has 18 heavy (non-hydrogen) atoms. The molecule has 0 spiro atoms. The van der Waals surface area contributed by atoms with Crippen LogP contribution >= 0.6 is 11.3 Å². The lowest BCUT2D eigenvalue weighted by Gasteiger charge is -2.24. The third-order valence-electron chi connectivity index (χ3n) is 3.03. The zero-order valence-corrected chi connectivity index (χ0v) is 11.3. The van der Waals surface area contributed by atoms with Crippen molar-refractivity contribution in [1.82, 2.24) is 10.7 Å². The van der Waals surface area contributed by atoms with Crippen LogP contribution in [0, 0.1) is 0 Å². The summed E-state index contributed by atoms with van der Waals surface area (Å²) in [6.45, 7) is 4.76. The lowest BCUT2D eigenvalue weighted by atomic mass is 9.84. The topological polar surface area (TPSA) is 67.2 Å². The predicted molar refractivity (Wildman–Crippen MR) is 75.6 cm³/mol. The molecule has 96 valence electrons. The van der Waals surface area contributed by atoms with Gasteiger partial charge in [-0.15, -0.1) is 11.3 Å². The molecule has 2 amide bonds. The van der Waals surface area contributed by atoms with Crippen molar-refractivity contribution in [1.29, 1.82) is 0 Å². The molecule has 0 aliphatic rings. The monoisotopic (exact) mass is 263 g/mol. The van der Waals surface area contributed by atoms with E-state index in [4.69, 9.17) is 5.84 Å². The third kappa shape index (κ3) is 2.47. The van der Waals surface area contributed by atoms with E-state index < -0.39 is 0 Å². The Morgan fingerprint density at radius 2 is 2.11 bits per heavy atom. The largest absolute Gasteiger partial charge is 0.336 e. The highest BCUT2D eigenvalue weighted by Gasteiger charge is 2.24. The molecule has 0 aliphatic heterocycles. The van der Waals surface area contributed by atoms with Gasteiger partial charge in [-0.1, -0.05) is 32.0 Å². The number of urea groups is 1. The smallest absolute Gasteiger partial charge is 0.328 e. The average Bonchev–Trinajstić information content (AvgIpc) is 2.80. The number of amides is 2. The number of hydrogen-bond acceptors (Lipinski definition) is 3. The molecule has 0 saturated carbocycles. The maximum Gasteiger partial charge on any atom is 0.328 e. The summed E-state index contributed by atoms with van der Waals surface area (Å²) in [6, 6.07) is 7.94. The summed E-state index contributed by atoms with van der Waals surface area (Å²) in [5.41, 5.74) is 3.19. The summed E-state index contributed by atoms with van der Waals surface area (Å²) in [4.78, 5) is 11.1. The van der Waals surface area contributed by atoms with Crippen molar-refractivity contribution >= 4 is 27.5 Å². The van der Waals surface area contributed by atoms with E-state index in [-0.39, 0.29) is 11.4 Å². The van der Waals surface area contributed by atoms with E-state index >= 15 is 0 Å². The van der Waals surface area contributed by atoms with Crippen LogP contribution in [-0.2, 0) is 5.41 Å². The Labute approximate surface area is 110 Å². The first-order chi connectivity index (χ1) is 8.54. The van der Waals surface area contributed by atoms with Crippen LogP contribution in [0.2, 0.25) is 0 Å². The molecule has 1 aromatic carbocycles. The summed E-state index contributed by atoms with van der Waals surface area (Å²) in [6.07, 6.45) is 0. The van der Waals surface area contributed by atoms with Crippen molar-refractivity contribution in [3.8, 4) is 0 Å². The first-order valence-electron chi connectivity index (χ1n) is 5.76. The van der Waals surface area contributed by atoms with E-state index in [1.165, 1.54) is 15.6 Å². The van der Waals surface area contributed by atoms with Crippen LogP contribution in [0.3, 0.4) is 0 Å². The van der Waals surface area contributed by atoms with E-state index in [0.29, 0.717) is 6.54 Å². The summed E-state index contributed by atoms with van der Waals surface area (Å²) in [7, 11) is 0. The highest BCUT2D eigenvalue weighted by Crippen LogP contribution is 2.34. The van der Waals surface area contributed by atoms with Gasteiger partial charge in [0, 0.05) is 16.7 Å². The molecule has 0 saturated heterocycles. The number of carbonyl (C=O) groups is 1. The molecule has 0 aliphatic carbocycles. The zero-order chi connectivity index (χ0) is 13.2. The first-order valence-corrected chi connectivity index (χ1v) is 6.64. The number of rotatable bonds is 3. The minimum atomic E-state index is -0.359. The Morgan fingerprint density at radius 1 is 1.39 bits per heavy atom. The standard InChI is InChI=1S/C13H17N3OS/c1-13(2,8-15-12(17)16-14)10-7-18-11-6-4-3-5-9(10)11/h3-7H,8,14H2,1-2H3,(H2,15,16,17). The molecule has 4 N–H and O–H groups in total. The average molecular weight is 263 g/mol. The summed E-state index contributed by atoms with van der Waals surface area (Å²) in [5, 5.41) is 6.17. The SMILES string of the molecule is CC(C)(CNC(=O)NN)c1csc2ccccc12. The minimum absolute atomic E-state index is 0.133. The predicted octanol–water partition coefficient (Wildman–Crippen LogP) is 2.35. The van der Waals surface area contributed by atoms with E-state index in [1.54, 1.807) is 11.3 Å². The normalized spacial score (nSPS) is 11.5. The Balaban J connectivity index is 2.26. The van der Waals surface area contributed by atoms with Crippen molar-refractivity contribution in [2.24, 2.45) is 5.84 Å². The molecule has 5 heteroatoms. The first kappa shape index (κ1) is 12.9. The minimum Gasteiger partial charge on any atom is -0.336 e. The molecule has 1 aromatic heterocycles. The molecule has 0 radical (unpaired) electrons. The van der Waals surface area contributed by atoms with Gasteiger partial charge < -0.3 is 5.32 Å². The molecule has 0 unspecified atom stereocenters. The van der Waals surface area contributed by atoms with Gasteiger partial charge in [-0.2, -0.15) is 0 Å². The van der Waals surface area contributed by atoms with Crippen molar-refractivity contribution in [2.45, 2.75) is 19.3 Å². The second-order valence-electron chi connectivity index (χ2n) is 4.86. The van der Waals surface area contributed by atoms with Crippen molar-refractivity contribution in [3.63, 3.8) is 0 Å². The highest BCUT2D eigenvalue weighted by molar-refractivity contribution is 7.17. The van der Waals surface area contributed by atoms with Crippen LogP contribution in [0.1, 0.15) is 19.4 Å². The molecule has 2 aromatic rings. The highest BCUT2D eigenvalue weighted by atomic mass is 32.1. The number of carbonyl (C=O) groups excluding carboxylic acids is 1.